The molecule has 2 aromatic carbocycles. The topological polar surface area (TPSA) is 119 Å². The molecule has 3 heterocycles. The number of amides is 2. The summed E-state index contributed by atoms with van der Waals surface area (Å²) in [5, 5.41) is 13.5. The quantitative estimate of drug-likeness (QED) is 0.139. The van der Waals surface area contributed by atoms with Crippen LogP contribution in [0.2, 0.25) is 0 Å². The molecule has 2 amide bonds. The zero-order valence-electron chi connectivity index (χ0n) is 29.3. The summed E-state index contributed by atoms with van der Waals surface area (Å²) in [6, 6.07) is 20.4. The lowest BCUT2D eigenvalue weighted by Crippen LogP contribution is -2.44. The van der Waals surface area contributed by atoms with E-state index in [9.17, 15) is 14.4 Å². The van der Waals surface area contributed by atoms with Crippen LogP contribution in [0.15, 0.2) is 65.1 Å². The Labute approximate surface area is 293 Å². The lowest BCUT2D eigenvalue weighted by atomic mass is 9.90. The maximum absolute atomic E-state index is 14.0. The molecule has 0 radical (unpaired) electrons. The fraction of sp³-hybridized carbons (Fsp3) is 0.436. The van der Waals surface area contributed by atoms with E-state index in [0.29, 0.717) is 5.56 Å². The molecule has 3 aliphatic heterocycles. The number of aliphatic carboxylic acids is 1. The molecular formula is C39H48N5O6+. The van der Waals surface area contributed by atoms with E-state index in [4.69, 9.17) is 14.3 Å². The zero-order valence-corrected chi connectivity index (χ0v) is 29.3. The minimum absolute atomic E-state index is 0.0759. The van der Waals surface area contributed by atoms with Gasteiger partial charge in [0.05, 0.1) is 32.2 Å². The van der Waals surface area contributed by atoms with Crippen LogP contribution in [0.3, 0.4) is 0 Å². The van der Waals surface area contributed by atoms with E-state index in [2.05, 4.69) is 70.1 Å². The average molecular weight is 683 g/mol. The van der Waals surface area contributed by atoms with Crippen LogP contribution in [0.5, 0.6) is 0 Å². The van der Waals surface area contributed by atoms with Crippen molar-refractivity contribution in [1.29, 1.82) is 0 Å². The lowest BCUT2D eigenvalue weighted by molar-refractivity contribution is -0.138. The van der Waals surface area contributed by atoms with E-state index >= 15 is 0 Å². The molecule has 0 bridgehead atoms. The van der Waals surface area contributed by atoms with Crippen LogP contribution in [-0.2, 0) is 14.3 Å². The summed E-state index contributed by atoms with van der Waals surface area (Å²) in [7, 11) is 3.77. The molecule has 2 N–H and O–H groups in total. The van der Waals surface area contributed by atoms with Gasteiger partial charge in [-0.05, 0) is 42.8 Å². The summed E-state index contributed by atoms with van der Waals surface area (Å²) in [4.78, 5) is 43.5. The Hall–Kier alpha value is -4.74. The van der Waals surface area contributed by atoms with Crippen molar-refractivity contribution in [3.8, 4) is 22.5 Å². The first-order chi connectivity index (χ1) is 24.2. The standard InChI is InChI=1S/C39H47N5O6/c1-27-12-16-43(17-13-27)28-8-10-32-34(24-28)50-35-25-29(44-20-18-41(2)19-21-44)9-11-33(35)38(32)30-6-4-5-7-31(30)39(48)42(3)26-36(45)40-15-23-49-22-14-37(46)47/h4-11,24-25,27H,12-23,26H2,1-3H3,(H-,40,45,46,47)/p+1. The van der Waals surface area contributed by atoms with Gasteiger partial charge in [-0.15, -0.1) is 0 Å². The predicted octanol–water partition coefficient (Wildman–Crippen LogP) is 3.84. The van der Waals surface area contributed by atoms with Crippen molar-refractivity contribution in [2.75, 3.05) is 84.6 Å². The number of carbonyl (C=O) groups excluding carboxylic acids is 2. The van der Waals surface area contributed by atoms with Gasteiger partial charge in [-0.3, -0.25) is 14.4 Å². The van der Waals surface area contributed by atoms with Crippen molar-refractivity contribution in [3.05, 3.63) is 71.6 Å². The van der Waals surface area contributed by atoms with E-state index < -0.39 is 5.97 Å². The number of ether oxygens (including phenoxy) is 1. The Kier molecular flexibility index (Phi) is 11.1. The van der Waals surface area contributed by atoms with Gasteiger partial charge in [-0.25, -0.2) is 4.58 Å². The van der Waals surface area contributed by atoms with Gasteiger partial charge in [0.15, 0.2) is 0 Å². The molecule has 0 unspecified atom stereocenters. The first-order valence-corrected chi connectivity index (χ1v) is 17.6. The molecule has 0 saturated carbocycles. The van der Waals surface area contributed by atoms with Gasteiger partial charge in [0.1, 0.15) is 24.4 Å². The maximum Gasteiger partial charge on any atom is 0.305 e. The number of nitrogens with one attached hydrogen (secondary N) is 1. The number of piperidine rings is 1. The Morgan fingerprint density at radius 1 is 0.980 bits per heavy atom. The maximum atomic E-state index is 14.0. The number of fused-ring (bicyclic) bond motifs is 2. The fourth-order valence-electron chi connectivity index (χ4n) is 6.84. The third kappa shape index (κ3) is 8.17. The first-order valence-electron chi connectivity index (χ1n) is 17.6. The third-order valence-electron chi connectivity index (χ3n) is 9.89. The van der Waals surface area contributed by atoms with Crippen LogP contribution in [0.25, 0.3) is 33.4 Å². The van der Waals surface area contributed by atoms with Crippen molar-refractivity contribution in [2.24, 2.45) is 5.92 Å². The molecule has 0 atom stereocenters. The van der Waals surface area contributed by atoms with Gasteiger partial charge in [-0.1, -0.05) is 25.1 Å². The monoisotopic (exact) mass is 682 g/mol. The van der Waals surface area contributed by atoms with Crippen molar-refractivity contribution in [1.82, 2.24) is 19.7 Å². The predicted molar refractivity (Wildman–Crippen MR) is 194 cm³/mol. The highest BCUT2D eigenvalue weighted by molar-refractivity contribution is 6.09. The minimum atomic E-state index is -0.937. The molecule has 0 spiro atoms. The third-order valence-corrected chi connectivity index (χ3v) is 9.89. The van der Waals surface area contributed by atoms with Crippen LogP contribution in [-0.4, -0.2) is 112 Å². The van der Waals surface area contributed by atoms with Crippen LogP contribution in [0.4, 0.5) is 5.69 Å². The number of carboxylic acids is 1. The fourth-order valence-corrected chi connectivity index (χ4v) is 6.84. The number of hydrogen-bond acceptors (Lipinski definition) is 7. The van der Waals surface area contributed by atoms with E-state index in [1.165, 1.54) is 4.90 Å². The molecule has 4 aliphatic rings. The van der Waals surface area contributed by atoms with Gasteiger partial charge >= 0.3 is 5.97 Å². The summed E-state index contributed by atoms with van der Waals surface area (Å²) in [5.41, 5.74) is 4.98. The second kappa shape index (κ2) is 15.9. The normalized spacial score (nSPS) is 16.9. The van der Waals surface area contributed by atoms with Gasteiger partial charge < -0.3 is 34.3 Å². The summed E-state index contributed by atoms with van der Waals surface area (Å²) < 4.78 is 14.4. The molecule has 1 aliphatic carbocycles. The van der Waals surface area contributed by atoms with Gasteiger partial charge in [-0.2, -0.15) is 0 Å². The van der Waals surface area contributed by atoms with Crippen molar-refractivity contribution < 1.29 is 28.6 Å². The smallest absolute Gasteiger partial charge is 0.305 e. The molecular weight excluding hydrogens is 634 g/mol. The highest BCUT2D eigenvalue weighted by Gasteiger charge is 2.26. The van der Waals surface area contributed by atoms with E-state index in [1.807, 2.05) is 24.3 Å². The minimum Gasteiger partial charge on any atom is -0.481 e. The van der Waals surface area contributed by atoms with Crippen molar-refractivity contribution in [3.63, 3.8) is 0 Å². The first kappa shape index (κ1) is 35.1. The summed E-state index contributed by atoms with van der Waals surface area (Å²) in [6.45, 7) is 8.55. The van der Waals surface area contributed by atoms with Gasteiger partial charge in [0.25, 0.3) is 5.91 Å². The molecule has 2 saturated heterocycles. The molecule has 2 aromatic rings. The highest BCUT2D eigenvalue weighted by Crippen LogP contribution is 2.42. The van der Waals surface area contributed by atoms with E-state index in [-0.39, 0.29) is 44.5 Å². The van der Waals surface area contributed by atoms with Crippen LogP contribution >= 0.6 is 0 Å². The number of benzene rings is 3. The number of carbonyl (C=O) groups is 3. The average Bonchev–Trinajstić information content (AvgIpc) is 3.11. The highest BCUT2D eigenvalue weighted by atomic mass is 16.5. The number of nitrogens with zero attached hydrogens (tertiary/aromatic N) is 4. The summed E-state index contributed by atoms with van der Waals surface area (Å²) in [6.07, 6.45) is 2.23. The van der Waals surface area contributed by atoms with Gasteiger partial charge in [0.2, 0.25) is 11.3 Å². The van der Waals surface area contributed by atoms with E-state index in [1.54, 1.807) is 7.05 Å². The number of piperazine rings is 1. The second-order valence-corrected chi connectivity index (χ2v) is 13.6. The number of hydrogen-bond donors (Lipinski definition) is 2. The molecule has 264 valence electrons. The Morgan fingerprint density at radius 3 is 2.50 bits per heavy atom. The molecule has 11 heteroatoms. The lowest BCUT2D eigenvalue weighted by Gasteiger charge is -2.34. The van der Waals surface area contributed by atoms with Crippen molar-refractivity contribution in [2.45, 2.75) is 26.2 Å². The number of rotatable bonds is 11. The SMILES string of the molecule is CC1CC[N+](=c2ccc3c(-c4ccccc4C(=O)N(C)CC(=O)NCCOCCC(=O)O)c4ccc(N5CCN(C)CC5)cc4oc-3c2)CC1. The molecule has 50 heavy (non-hydrogen) atoms. The van der Waals surface area contributed by atoms with Gasteiger partial charge in [0, 0.05) is 92.5 Å². The zero-order chi connectivity index (χ0) is 35.2. The summed E-state index contributed by atoms with van der Waals surface area (Å²) >= 11 is 0. The Balaban J connectivity index is 1.34. The van der Waals surface area contributed by atoms with E-state index in [0.717, 1.165) is 102 Å². The van der Waals surface area contributed by atoms with Crippen LogP contribution < -0.4 is 20.1 Å². The van der Waals surface area contributed by atoms with Crippen LogP contribution in [0.1, 0.15) is 36.5 Å². The largest absolute Gasteiger partial charge is 0.481 e. The Morgan fingerprint density at radius 2 is 1.74 bits per heavy atom. The number of carboxylic acid groups (broad SMARTS) is 1. The molecule has 2 fully saturated rings. The molecule has 6 rings (SSSR count). The summed E-state index contributed by atoms with van der Waals surface area (Å²) in [5.74, 6) is -0.0516. The van der Waals surface area contributed by atoms with Crippen LogP contribution in [0, 0.1) is 5.92 Å². The molecule has 11 nitrogen and oxygen atoms in total. The van der Waals surface area contributed by atoms with Crippen molar-refractivity contribution >= 4 is 34.4 Å². The Bertz CT molecular complexity index is 1890. The molecule has 0 aromatic heterocycles. The number of anilines is 1. The number of likely N-dealkylation sites (N-methyl/N-ethyl adjacent to an activating group) is 2. The second-order valence-electron chi connectivity index (χ2n) is 13.6.